The molecule has 2 amide bonds. The van der Waals surface area contributed by atoms with E-state index in [-0.39, 0.29) is 23.7 Å². The lowest BCUT2D eigenvalue weighted by atomic mass is 9.80. The standard InChI is InChI=1S/C26H37N3O4.C4H6O6/c30-19-10-11-21-22(18-19)26(32)29(25(21)31)13-5-12-27-14-16-28(17-15-27)23-8-3-4-9-24(23)33-20-6-1-2-7-20;5-1(3(7)8)2(6)4(9)10/h3-4,8-9,19-22,30H,1-2,5-7,10-18H2;1-2,5-6H,(H,7,8)(H,9,10). The first-order valence-corrected chi connectivity index (χ1v) is 15.1. The predicted molar refractivity (Wildman–Crippen MR) is 153 cm³/mol. The minimum atomic E-state index is -2.27. The molecule has 13 heteroatoms. The molecule has 2 aliphatic heterocycles. The van der Waals surface area contributed by atoms with E-state index in [0.717, 1.165) is 57.7 Å². The number of benzene rings is 1. The number of aliphatic hydroxyl groups excluding tert-OH is 3. The van der Waals surface area contributed by atoms with Crippen molar-refractivity contribution in [2.75, 3.05) is 44.2 Å². The zero-order valence-electron chi connectivity index (χ0n) is 24.3. The number of anilines is 1. The number of rotatable bonds is 10. The summed E-state index contributed by atoms with van der Waals surface area (Å²) in [5, 5.41) is 42.4. The summed E-state index contributed by atoms with van der Waals surface area (Å²) >= 11 is 0. The van der Waals surface area contributed by atoms with Crippen molar-refractivity contribution in [3.63, 3.8) is 0 Å². The third kappa shape index (κ3) is 8.22. The van der Waals surface area contributed by atoms with E-state index in [0.29, 0.717) is 31.9 Å². The van der Waals surface area contributed by atoms with Crippen molar-refractivity contribution < 1.29 is 49.4 Å². The van der Waals surface area contributed by atoms with Crippen molar-refractivity contribution in [3.05, 3.63) is 24.3 Å². The van der Waals surface area contributed by atoms with Gasteiger partial charge in [-0.15, -0.1) is 0 Å². The molecule has 0 spiro atoms. The van der Waals surface area contributed by atoms with Crippen molar-refractivity contribution in [1.29, 1.82) is 0 Å². The molecule has 43 heavy (non-hydrogen) atoms. The summed E-state index contributed by atoms with van der Waals surface area (Å²) in [7, 11) is 0. The minimum absolute atomic E-state index is 0.0133. The molecule has 5 atom stereocenters. The van der Waals surface area contributed by atoms with Crippen LogP contribution in [0.15, 0.2) is 24.3 Å². The lowest BCUT2D eigenvalue weighted by Gasteiger charge is -2.37. The number of ether oxygens (including phenoxy) is 1. The number of fused-ring (bicyclic) bond motifs is 1. The van der Waals surface area contributed by atoms with Crippen molar-refractivity contribution in [2.24, 2.45) is 11.8 Å². The van der Waals surface area contributed by atoms with Crippen LogP contribution in [-0.2, 0) is 19.2 Å². The van der Waals surface area contributed by atoms with Gasteiger partial charge in [0, 0.05) is 32.7 Å². The summed E-state index contributed by atoms with van der Waals surface area (Å²) in [5.74, 6) is -3.10. The van der Waals surface area contributed by atoms with Gasteiger partial charge in [0.2, 0.25) is 11.8 Å². The van der Waals surface area contributed by atoms with Crippen LogP contribution >= 0.6 is 0 Å². The fourth-order valence-electron chi connectivity index (χ4n) is 6.38. The Morgan fingerprint density at radius 2 is 1.44 bits per heavy atom. The van der Waals surface area contributed by atoms with Crippen molar-refractivity contribution in [2.45, 2.75) is 75.8 Å². The fraction of sp³-hybridized carbons (Fsp3) is 0.667. The Morgan fingerprint density at radius 1 is 0.837 bits per heavy atom. The Morgan fingerprint density at radius 3 is 2.07 bits per heavy atom. The molecule has 2 aliphatic carbocycles. The van der Waals surface area contributed by atoms with Gasteiger partial charge in [0.25, 0.3) is 0 Å². The first-order chi connectivity index (χ1) is 20.6. The number of nitrogens with zero attached hydrogens (tertiary/aromatic N) is 3. The molecule has 1 aromatic carbocycles. The van der Waals surface area contributed by atoms with E-state index in [1.807, 2.05) is 0 Å². The van der Waals surface area contributed by atoms with Crippen LogP contribution in [0.25, 0.3) is 0 Å². The summed E-state index contributed by atoms with van der Waals surface area (Å²) < 4.78 is 6.33. The van der Waals surface area contributed by atoms with Crippen molar-refractivity contribution in [3.8, 4) is 5.75 Å². The number of aliphatic hydroxyl groups is 3. The molecule has 1 aromatic rings. The van der Waals surface area contributed by atoms with Gasteiger partial charge in [-0.25, -0.2) is 9.59 Å². The number of carbonyl (C=O) groups is 4. The highest BCUT2D eigenvalue weighted by Crippen LogP contribution is 2.38. The maximum Gasteiger partial charge on any atom is 0.335 e. The molecule has 0 bridgehead atoms. The second kappa shape index (κ2) is 15.0. The van der Waals surface area contributed by atoms with E-state index >= 15 is 0 Å². The molecule has 0 radical (unpaired) electrons. The van der Waals surface area contributed by atoms with Crippen LogP contribution in [0.5, 0.6) is 5.75 Å². The molecule has 2 saturated carbocycles. The number of carbonyl (C=O) groups excluding carboxylic acids is 2. The number of hydrogen-bond donors (Lipinski definition) is 5. The molecule has 5 N–H and O–H groups in total. The Balaban J connectivity index is 0.000000365. The smallest absolute Gasteiger partial charge is 0.335 e. The average molecular weight is 606 g/mol. The molecular weight excluding hydrogens is 562 g/mol. The van der Waals surface area contributed by atoms with E-state index in [4.69, 9.17) is 25.2 Å². The average Bonchev–Trinajstić information content (AvgIpc) is 3.59. The van der Waals surface area contributed by atoms with Gasteiger partial charge in [-0.2, -0.15) is 0 Å². The highest BCUT2D eigenvalue weighted by atomic mass is 16.5. The topological polar surface area (TPSA) is 188 Å². The molecular formula is C30H43N3O10. The van der Waals surface area contributed by atoms with Gasteiger partial charge in [-0.3, -0.25) is 19.4 Å². The van der Waals surface area contributed by atoms with E-state index in [2.05, 4.69) is 34.1 Å². The highest BCUT2D eigenvalue weighted by molar-refractivity contribution is 6.05. The highest BCUT2D eigenvalue weighted by Gasteiger charge is 2.49. The Labute approximate surface area is 250 Å². The molecule has 2 heterocycles. The number of amides is 2. The second-order valence-electron chi connectivity index (χ2n) is 11.7. The number of likely N-dealkylation sites (tertiary alicyclic amines) is 1. The molecule has 2 saturated heterocycles. The van der Waals surface area contributed by atoms with Crippen LogP contribution in [0.4, 0.5) is 5.69 Å². The predicted octanol–water partition coefficient (Wildman–Crippen LogP) is 0.544. The summed E-state index contributed by atoms with van der Waals surface area (Å²) in [6.07, 6.45) is 2.76. The SMILES string of the molecule is O=C(O)C(O)C(O)C(=O)O.O=C1C2CCC(O)CC2C(=O)N1CCCN1CCN(c2ccccc2OC2CCCC2)CC1. The third-order valence-corrected chi connectivity index (χ3v) is 8.82. The van der Waals surface area contributed by atoms with Gasteiger partial charge in [-0.05, 0) is 70.0 Å². The second-order valence-corrected chi connectivity index (χ2v) is 11.7. The van der Waals surface area contributed by atoms with Gasteiger partial charge < -0.3 is 35.2 Å². The lowest BCUT2D eigenvalue weighted by Crippen LogP contribution is -2.47. The number of hydrogen-bond acceptors (Lipinski definition) is 10. The quantitative estimate of drug-likeness (QED) is 0.233. The van der Waals surface area contributed by atoms with Crippen LogP contribution in [0.2, 0.25) is 0 Å². The fourth-order valence-corrected chi connectivity index (χ4v) is 6.38. The van der Waals surface area contributed by atoms with E-state index in [9.17, 15) is 24.3 Å². The van der Waals surface area contributed by atoms with E-state index in [1.165, 1.54) is 23.4 Å². The Kier molecular flexibility index (Phi) is 11.4. The number of imide groups is 1. The molecule has 5 unspecified atom stereocenters. The maximum absolute atomic E-state index is 12.7. The summed E-state index contributed by atoms with van der Waals surface area (Å²) in [6.45, 7) is 5.24. The van der Waals surface area contributed by atoms with Crippen LogP contribution in [0.1, 0.15) is 51.4 Å². The normalized spacial score (nSPS) is 26.0. The van der Waals surface area contributed by atoms with Crippen molar-refractivity contribution in [1.82, 2.24) is 9.80 Å². The number of para-hydroxylation sites is 2. The monoisotopic (exact) mass is 605 g/mol. The van der Waals surface area contributed by atoms with E-state index in [1.54, 1.807) is 0 Å². The van der Waals surface area contributed by atoms with Crippen LogP contribution < -0.4 is 9.64 Å². The summed E-state index contributed by atoms with van der Waals surface area (Å²) in [5.41, 5.74) is 1.20. The minimum Gasteiger partial charge on any atom is -0.488 e. The zero-order valence-corrected chi connectivity index (χ0v) is 24.3. The molecule has 13 nitrogen and oxygen atoms in total. The molecule has 4 fully saturated rings. The first-order valence-electron chi connectivity index (χ1n) is 15.1. The Bertz CT molecular complexity index is 1120. The summed E-state index contributed by atoms with van der Waals surface area (Å²) in [6, 6.07) is 8.41. The first kappa shape index (κ1) is 32.6. The number of aliphatic carboxylic acids is 2. The van der Waals surface area contributed by atoms with Crippen molar-refractivity contribution >= 4 is 29.4 Å². The third-order valence-electron chi connectivity index (χ3n) is 8.82. The van der Waals surface area contributed by atoms with Crippen LogP contribution in [0.3, 0.4) is 0 Å². The largest absolute Gasteiger partial charge is 0.488 e. The summed E-state index contributed by atoms with van der Waals surface area (Å²) in [4.78, 5) is 51.2. The zero-order chi connectivity index (χ0) is 31.1. The van der Waals surface area contributed by atoms with Gasteiger partial charge in [0.15, 0.2) is 12.2 Å². The van der Waals surface area contributed by atoms with Gasteiger partial charge in [-0.1, -0.05) is 12.1 Å². The molecule has 238 valence electrons. The van der Waals surface area contributed by atoms with Gasteiger partial charge in [0.05, 0.1) is 29.7 Å². The molecule has 0 aromatic heterocycles. The van der Waals surface area contributed by atoms with Gasteiger partial charge >= 0.3 is 11.9 Å². The molecule has 4 aliphatic rings. The molecule has 5 rings (SSSR count). The van der Waals surface area contributed by atoms with Gasteiger partial charge in [0.1, 0.15) is 5.75 Å². The number of carboxylic acid groups (broad SMARTS) is 2. The van der Waals surface area contributed by atoms with E-state index < -0.39 is 30.3 Å². The lowest BCUT2D eigenvalue weighted by molar-refractivity contribution is -0.165. The van der Waals surface area contributed by atoms with Crippen LogP contribution in [-0.4, -0.2) is 123 Å². The number of piperazine rings is 1. The van der Waals surface area contributed by atoms with Crippen LogP contribution in [0, 0.1) is 11.8 Å². The Hall–Kier alpha value is -3.26. The maximum atomic E-state index is 12.7. The number of carboxylic acids is 2.